The molecule has 1 aliphatic carbocycles. The highest BCUT2D eigenvalue weighted by Crippen LogP contribution is 2.29. The molecule has 22 heavy (non-hydrogen) atoms. The van der Waals surface area contributed by atoms with E-state index in [9.17, 15) is 4.39 Å². The van der Waals surface area contributed by atoms with E-state index in [2.05, 4.69) is 31.2 Å². The highest BCUT2D eigenvalue weighted by atomic mass is 19.1. The normalized spacial score (nSPS) is 13.6. The number of nitrogens with zero attached hydrogens (tertiary/aromatic N) is 4. The maximum Gasteiger partial charge on any atom is 0.164 e. The maximum atomic E-state index is 13.3. The van der Waals surface area contributed by atoms with Crippen LogP contribution in [-0.2, 0) is 0 Å². The number of nitrogen functional groups attached to an aromatic ring is 1. The quantitative estimate of drug-likeness (QED) is 0.889. The van der Waals surface area contributed by atoms with Gasteiger partial charge in [-0.15, -0.1) is 0 Å². The van der Waals surface area contributed by atoms with Crippen LogP contribution >= 0.6 is 0 Å². The number of hydrogen-bond donors (Lipinski definition) is 2. The molecule has 112 valence electrons. The number of nitrogens with two attached hydrogens (primary N) is 1. The van der Waals surface area contributed by atoms with Crippen molar-refractivity contribution in [2.24, 2.45) is 0 Å². The van der Waals surface area contributed by atoms with E-state index in [1.807, 2.05) is 0 Å². The molecule has 0 spiro atoms. The molecule has 2 aromatic heterocycles. The second-order valence-corrected chi connectivity index (χ2v) is 4.89. The number of pyridine rings is 1. The summed E-state index contributed by atoms with van der Waals surface area (Å²) in [5, 5.41) is 6.71. The molecule has 0 radical (unpaired) electrons. The molecule has 0 atom stereocenters. The molecule has 0 amide bonds. The van der Waals surface area contributed by atoms with E-state index in [-0.39, 0.29) is 5.82 Å². The highest BCUT2D eigenvalue weighted by Gasteiger charge is 2.11. The van der Waals surface area contributed by atoms with Gasteiger partial charge in [-0.25, -0.2) is 14.4 Å². The zero-order chi connectivity index (χ0) is 15.4. The van der Waals surface area contributed by atoms with Gasteiger partial charge < -0.3 is 5.73 Å². The third kappa shape index (κ3) is 3.08. The van der Waals surface area contributed by atoms with Crippen LogP contribution in [0.25, 0.3) is 17.0 Å². The third-order valence-electron chi connectivity index (χ3n) is 3.37. The first-order valence-electron chi connectivity index (χ1n) is 6.94. The average Bonchev–Trinajstić information content (AvgIpc) is 3.04. The summed E-state index contributed by atoms with van der Waals surface area (Å²) in [6.07, 6.45) is 10.8. The first-order chi connectivity index (χ1) is 10.7. The first-order valence-corrected chi connectivity index (χ1v) is 6.94. The van der Waals surface area contributed by atoms with Gasteiger partial charge in [-0.1, -0.05) is 6.08 Å². The molecule has 0 aromatic carbocycles. The van der Waals surface area contributed by atoms with Crippen molar-refractivity contribution in [2.75, 3.05) is 5.73 Å². The lowest BCUT2D eigenvalue weighted by atomic mass is 10.1. The van der Waals surface area contributed by atoms with Crippen molar-refractivity contribution in [3.05, 3.63) is 48.4 Å². The summed E-state index contributed by atoms with van der Waals surface area (Å²) in [7, 11) is 0. The maximum absolute atomic E-state index is 13.3. The molecule has 7 heteroatoms. The second kappa shape index (κ2) is 6.30. The van der Waals surface area contributed by atoms with Crippen molar-refractivity contribution >= 4 is 11.4 Å². The Balaban J connectivity index is 2.16. The standard InChI is InChI=1S/C15H15FN6/c16-12-5-11(6-18-7-12)15-19-9-21-20-8-13(14(17)22-15)10-3-1-2-4-10/h3,5-9,20H,1-2,4H2,(H2,17,19,21,22). The molecule has 0 saturated carbocycles. The minimum atomic E-state index is -0.460. The Bertz CT molecular complexity index is 766. The van der Waals surface area contributed by atoms with Gasteiger partial charge in [0.2, 0.25) is 0 Å². The van der Waals surface area contributed by atoms with Crippen molar-refractivity contribution in [3.8, 4) is 11.4 Å². The monoisotopic (exact) mass is 298 g/mol. The minimum absolute atomic E-state index is 0.265. The van der Waals surface area contributed by atoms with Gasteiger partial charge in [-0.05, 0) is 30.9 Å². The van der Waals surface area contributed by atoms with Crippen molar-refractivity contribution in [2.45, 2.75) is 19.3 Å². The summed E-state index contributed by atoms with van der Waals surface area (Å²) < 4.78 is 13.3. The molecule has 6 nitrogen and oxygen atoms in total. The zero-order valence-electron chi connectivity index (χ0n) is 11.8. The van der Waals surface area contributed by atoms with Crippen molar-refractivity contribution in [1.82, 2.24) is 25.1 Å². The SMILES string of the molecule is Nc1nc(-c2cncc(F)c2)ncn[nH]cc1C1=CCCC1. The second-order valence-electron chi connectivity index (χ2n) is 4.89. The molecule has 0 saturated heterocycles. The van der Waals surface area contributed by atoms with E-state index >= 15 is 0 Å². The number of aromatic amines is 1. The van der Waals surface area contributed by atoms with Gasteiger partial charge in [0.1, 0.15) is 18.0 Å². The smallest absolute Gasteiger partial charge is 0.164 e. The van der Waals surface area contributed by atoms with E-state index in [1.165, 1.54) is 18.6 Å². The molecule has 0 unspecified atom stereocenters. The summed E-state index contributed by atoms with van der Waals surface area (Å²) in [6, 6.07) is 1.31. The van der Waals surface area contributed by atoms with Crippen molar-refractivity contribution < 1.29 is 4.39 Å². The first kappa shape index (κ1) is 14.1. The van der Waals surface area contributed by atoms with Crippen LogP contribution in [0.5, 0.6) is 0 Å². The Labute approximate surface area is 126 Å². The van der Waals surface area contributed by atoms with Crippen LogP contribution in [0.1, 0.15) is 24.8 Å². The zero-order valence-corrected chi connectivity index (χ0v) is 11.8. The van der Waals surface area contributed by atoms with Gasteiger partial charge >= 0.3 is 0 Å². The number of aromatic nitrogens is 5. The molecule has 1 aliphatic rings. The molecule has 3 N–H and O–H groups in total. The lowest BCUT2D eigenvalue weighted by molar-refractivity contribution is 0.622. The lowest BCUT2D eigenvalue weighted by Crippen LogP contribution is -1.97. The summed E-state index contributed by atoms with van der Waals surface area (Å²) in [4.78, 5) is 12.2. The van der Waals surface area contributed by atoms with Gasteiger partial charge in [0, 0.05) is 23.5 Å². The predicted molar refractivity (Wildman–Crippen MR) is 81.2 cm³/mol. The van der Waals surface area contributed by atoms with Gasteiger partial charge in [0.05, 0.1) is 6.20 Å². The number of nitrogens with one attached hydrogen (secondary N) is 1. The van der Waals surface area contributed by atoms with E-state index < -0.39 is 5.82 Å². The Morgan fingerprint density at radius 3 is 2.95 bits per heavy atom. The Hall–Kier alpha value is -2.83. The minimum Gasteiger partial charge on any atom is -0.383 e. The average molecular weight is 298 g/mol. The van der Waals surface area contributed by atoms with Crippen molar-refractivity contribution in [1.29, 1.82) is 0 Å². The molecule has 2 heterocycles. The van der Waals surface area contributed by atoms with Crippen LogP contribution in [0.4, 0.5) is 10.2 Å². The fourth-order valence-electron chi connectivity index (χ4n) is 2.34. The molecule has 2 aromatic rings. The van der Waals surface area contributed by atoms with E-state index in [0.717, 1.165) is 36.6 Å². The molecule has 0 fully saturated rings. The van der Waals surface area contributed by atoms with Crippen LogP contribution in [-0.4, -0.2) is 25.1 Å². The van der Waals surface area contributed by atoms with Crippen molar-refractivity contribution in [3.63, 3.8) is 0 Å². The Morgan fingerprint density at radius 2 is 2.18 bits per heavy atom. The van der Waals surface area contributed by atoms with E-state index in [1.54, 1.807) is 6.20 Å². The topological polar surface area (TPSA) is 93.4 Å². The number of hydrogen-bond acceptors (Lipinski definition) is 5. The number of halogens is 1. The highest BCUT2D eigenvalue weighted by molar-refractivity contribution is 5.73. The van der Waals surface area contributed by atoms with Crippen LogP contribution in [0.3, 0.4) is 0 Å². The van der Waals surface area contributed by atoms with Gasteiger partial charge in [0.25, 0.3) is 0 Å². The largest absolute Gasteiger partial charge is 0.383 e. The molecule has 0 aliphatic heterocycles. The van der Waals surface area contributed by atoms with Crippen LogP contribution in [0.15, 0.2) is 37.1 Å². The fourth-order valence-corrected chi connectivity index (χ4v) is 2.34. The molecule has 0 bridgehead atoms. The number of rotatable bonds is 2. The van der Waals surface area contributed by atoms with Crippen LogP contribution in [0, 0.1) is 5.82 Å². The van der Waals surface area contributed by atoms with E-state index in [4.69, 9.17) is 5.73 Å². The Kier molecular flexibility index (Phi) is 4.04. The molecule has 3 rings (SSSR count). The summed E-state index contributed by atoms with van der Waals surface area (Å²) in [6.45, 7) is 0. The number of H-pyrrole nitrogens is 1. The Morgan fingerprint density at radius 1 is 1.27 bits per heavy atom. The lowest BCUT2D eigenvalue weighted by Gasteiger charge is -2.03. The summed E-state index contributed by atoms with van der Waals surface area (Å²) >= 11 is 0. The number of anilines is 1. The van der Waals surface area contributed by atoms with Gasteiger partial charge in [-0.3, -0.25) is 10.1 Å². The molecular formula is C15H15FN6. The van der Waals surface area contributed by atoms with Gasteiger partial charge in [-0.2, -0.15) is 5.10 Å². The number of allylic oxidation sites excluding steroid dienone is 2. The summed E-state index contributed by atoms with van der Waals surface area (Å²) in [5.41, 5.74) is 8.47. The third-order valence-corrected chi connectivity index (χ3v) is 3.37. The van der Waals surface area contributed by atoms with E-state index in [0.29, 0.717) is 11.4 Å². The predicted octanol–water partition coefficient (Wildman–Crippen LogP) is 2.67. The van der Waals surface area contributed by atoms with Crippen LogP contribution in [0.2, 0.25) is 0 Å². The van der Waals surface area contributed by atoms with Crippen LogP contribution < -0.4 is 5.73 Å². The fraction of sp³-hybridized carbons (Fsp3) is 0.200. The molecular weight excluding hydrogens is 283 g/mol. The van der Waals surface area contributed by atoms with Gasteiger partial charge in [0.15, 0.2) is 5.82 Å². The summed E-state index contributed by atoms with van der Waals surface area (Å²) in [5.74, 6) is 0.119.